The number of carbonyl (C=O) groups excluding carboxylic acids is 1. The van der Waals surface area contributed by atoms with Gasteiger partial charge < -0.3 is 15.8 Å². The lowest BCUT2D eigenvalue weighted by Gasteiger charge is -2.21. The van der Waals surface area contributed by atoms with Crippen LogP contribution in [0.1, 0.15) is 22.3 Å². The second-order valence-corrected chi connectivity index (χ2v) is 4.42. The minimum Gasteiger partial charge on any atom is -0.409 e. The number of nitrogens with one attached hydrogen (secondary N) is 1. The van der Waals surface area contributed by atoms with Gasteiger partial charge in [0.2, 0.25) is 0 Å². The average Bonchev–Trinajstić information content (AvgIpc) is 3.05. The standard InChI is InChI=1S/C13H16N6O2/c14-12(18-21)3-5-19(9-10-2-1-4-15-6-10)13(20)11-7-16-17-8-11/h1-2,4,6-8,21H,3,5,9H2,(H2,14,18)(H,16,17). The van der Waals surface area contributed by atoms with Crippen molar-refractivity contribution in [2.45, 2.75) is 13.0 Å². The molecule has 0 atom stereocenters. The zero-order chi connectivity index (χ0) is 15.1. The summed E-state index contributed by atoms with van der Waals surface area (Å²) in [4.78, 5) is 18.0. The van der Waals surface area contributed by atoms with Crippen LogP contribution in [0.25, 0.3) is 0 Å². The van der Waals surface area contributed by atoms with E-state index < -0.39 is 0 Å². The molecule has 2 heterocycles. The Bertz CT molecular complexity index is 596. The fraction of sp³-hybridized carbons (Fsp3) is 0.231. The molecular weight excluding hydrogens is 272 g/mol. The Morgan fingerprint density at radius 1 is 1.48 bits per heavy atom. The van der Waals surface area contributed by atoms with E-state index in [2.05, 4.69) is 20.3 Å². The Balaban J connectivity index is 2.12. The van der Waals surface area contributed by atoms with Crippen molar-refractivity contribution in [3.8, 4) is 0 Å². The van der Waals surface area contributed by atoms with Crippen molar-refractivity contribution in [1.29, 1.82) is 0 Å². The summed E-state index contributed by atoms with van der Waals surface area (Å²) in [6.45, 7) is 0.714. The Kier molecular flexibility index (Phi) is 4.86. The number of nitrogens with zero attached hydrogens (tertiary/aromatic N) is 4. The molecule has 0 saturated heterocycles. The summed E-state index contributed by atoms with van der Waals surface area (Å²) in [5.74, 6) is -0.107. The average molecular weight is 288 g/mol. The van der Waals surface area contributed by atoms with Gasteiger partial charge in [0.1, 0.15) is 5.84 Å². The van der Waals surface area contributed by atoms with Crippen LogP contribution >= 0.6 is 0 Å². The van der Waals surface area contributed by atoms with E-state index in [1.807, 2.05) is 6.07 Å². The van der Waals surface area contributed by atoms with E-state index in [4.69, 9.17) is 10.9 Å². The van der Waals surface area contributed by atoms with E-state index >= 15 is 0 Å². The third-order valence-corrected chi connectivity index (χ3v) is 2.89. The van der Waals surface area contributed by atoms with Gasteiger partial charge in [-0.15, -0.1) is 0 Å². The second kappa shape index (κ2) is 7.04. The van der Waals surface area contributed by atoms with Gasteiger partial charge in [0.15, 0.2) is 0 Å². The molecule has 0 bridgehead atoms. The smallest absolute Gasteiger partial charge is 0.257 e. The molecule has 2 rings (SSSR count). The van der Waals surface area contributed by atoms with Gasteiger partial charge in [-0.25, -0.2) is 0 Å². The van der Waals surface area contributed by atoms with E-state index in [1.165, 1.54) is 12.4 Å². The summed E-state index contributed by atoms with van der Waals surface area (Å²) >= 11 is 0. The summed E-state index contributed by atoms with van der Waals surface area (Å²) in [6.07, 6.45) is 6.63. The lowest BCUT2D eigenvalue weighted by Crippen LogP contribution is -2.33. The minimum absolute atomic E-state index is 0.0752. The fourth-order valence-corrected chi connectivity index (χ4v) is 1.81. The molecule has 1 amide bonds. The van der Waals surface area contributed by atoms with Gasteiger partial charge in [-0.1, -0.05) is 11.2 Å². The van der Waals surface area contributed by atoms with Crippen molar-refractivity contribution < 1.29 is 10.0 Å². The maximum atomic E-state index is 12.4. The van der Waals surface area contributed by atoms with Gasteiger partial charge in [-0.3, -0.25) is 14.9 Å². The molecule has 0 aliphatic carbocycles. The molecule has 0 fully saturated rings. The SMILES string of the molecule is NC(CCN(Cc1cccnc1)C(=O)c1cn[nH]c1)=NO. The number of amidine groups is 1. The molecule has 0 spiro atoms. The van der Waals surface area contributed by atoms with Crippen LogP contribution in [0.2, 0.25) is 0 Å². The summed E-state index contributed by atoms with van der Waals surface area (Å²) in [5.41, 5.74) is 6.82. The number of aromatic amines is 1. The first-order valence-corrected chi connectivity index (χ1v) is 6.34. The van der Waals surface area contributed by atoms with Crippen molar-refractivity contribution in [3.05, 3.63) is 48.0 Å². The summed E-state index contributed by atoms with van der Waals surface area (Å²) in [5, 5.41) is 17.9. The monoisotopic (exact) mass is 288 g/mol. The normalized spacial score (nSPS) is 11.3. The molecule has 0 radical (unpaired) electrons. The largest absolute Gasteiger partial charge is 0.409 e. The first-order valence-electron chi connectivity index (χ1n) is 6.34. The Morgan fingerprint density at radius 3 is 2.95 bits per heavy atom. The molecule has 0 aliphatic heterocycles. The highest BCUT2D eigenvalue weighted by Gasteiger charge is 2.17. The number of hydrogen-bond acceptors (Lipinski definition) is 5. The maximum absolute atomic E-state index is 12.4. The highest BCUT2D eigenvalue weighted by atomic mass is 16.4. The van der Waals surface area contributed by atoms with Gasteiger partial charge in [0.05, 0.1) is 11.8 Å². The quantitative estimate of drug-likeness (QED) is 0.311. The molecule has 2 aromatic heterocycles. The number of nitrogens with two attached hydrogens (primary N) is 1. The molecule has 0 aromatic carbocycles. The van der Waals surface area contributed by atoms with Gasteiger partial charge in [-0.2, -0.15) is 5.10 Å². The summed E-state index contributed by atoms with van der Waals surface area (Å²) in [6, 6.07) is 3.69. The van der Waals surface area contributed by atoms with Crippen LogP contribution in [-0.2, 0) is 6.54 Å². The molecule has 8 nitrogen and oxygen atoms in total. The van der Waals surface area contributed by atoms with Crippen molar-refractivity contribution in [2.75, 3.05) is 6.54 Å². The maximum Gasteiger partial charge on any atom is 0.257 e. The van der Waals surface area contributed by atoms with E-state index in [0.717, 1.165) is 5.56 Å². The highest BCUT2D eigenvalue weighted by molar-refractivity contribution is 5.94. The van der Waals surface area contributed by atoms with Crippen molar-refractivity contribution in [2.24, 2.45) is 10.9 Å². The molecule has 21 heavy (non-hydrogen) atoms. The molecule has 0 saturated carbocycles. The molecule has 8 heteroatoms. The number of carbonyl (C=O) groups is 1. The molecule has 0 unspecified atom stereocenters. The first kappa shape index (κ1) is 14.5. The Morgan fingerprint density at radius 2 is 2.33 bits per heavy atom. The number of amides is 1. The number of rotatable bonds is 6. The van der Waals surface area contributed by atoms with Gasteiger partial charge in [0.25, 0.3) is 5.91 Å². The number of pyridine rings is 1. The van der Waals surface area contributed by atoms with Crippen LogP contribution in [-0.4, -0.2) is 43.6 Å². The predicted octanol–water partition coefficient (Wildman–Crippen LogP) is 0.584. The first-order chi connectivity index (χ1) is 10.2. The summed E-state index contributed by atoms with van der Waals surface area (Å²) < 4.78 is 0. The van der Waals surface area contributed by atoms with Crippen molar-refractivity contribution >= 4 is 11.7 Å². The van der Waals surface area contributed by atoms with E-state index in [0.29, 0.717) is 18.7 Å². The van der Waals surface area contributed by atoms with Crippen LogP contribution in [0.15, 0.2) is 42.1 Å². The second-order valence-electron chi connectivity index (χ2n) is 4.42. The van der Waals surface area contributed by atoms with E-state index in [1.54, 1.807) is 23.4 Å². The molecule has 2 aromatic rings. The van der Waals surface area contributed by atoms with Gasteiger partial charge in [-0.05, 0) is 11.6 Å². The molecule has 0 aliphatic rings. The van der Waals surface area contributed by atoms with Crippen LogP contribution in [0, 0.1) is 0 Å². The van der Waals surface area contributed by atoms with Gasteiger partial charge in [0, 0.05) is 38.1 Å². The molecule has 110 valence electrons. The van der Waals surface area contributed by atoms with Crippen LogP contribution in [0.5, 0.6) is 0 Å². The van der Waals surface area contributed by atoms with E-state index in [-0.39, 0.29) is 18.2 Å². The number of H-pyrrole nitrogens is 1. The Hall–Kier alpha value is -2.90. The zero-order valence-corrected chi connectivity index (χ0v) is 11.3. The molecular formula is C13H16N6O2. The number of aromatic nitrogens is 3. The lowest BCUT2D eigenvalue weighted by atomic mass is 10.2. The van der Waals surface area contributed by atoms with E-state index in [9.17, 15) is 4.79 Å². The third kappa shape index (κ3) is 4.03. The highest BCUT2D eigenvalue weighted by Crippen LogP contribution is 2.09. The minimum atomic E-state index is -0.182. The predicted molar refractivity (Wildman–Crippen MR) is 75.6 cm³/mol. The van der Waals surface area contributed by atoms with Crippen molar-refractivity contribution in [1.82, 2.24) is 20.1 Å². The van der Waals surface area contributed by atoms with Crippen molar-refractivity contribution in [3.63, 3.8) is 0 Å². The Labute approximate surface area is 121 Å². The summed E-state index contributed by atoms with van der Waals surface area (Å²) in [7, 11) is 0. The van der Waals surface area contributed by atoms with Crippen LogP contribution in [0.3, 0.4) is 0 Å². The zero-order valence-electron chi connectivity index (χ0n) is 11.3. The fourth-order valence-electron chi connectivity index (χ4n) is 1.81. The third-order valence-electron chi connectivity index (χ3n) is 2.89. The number of oxime groups is 1. The number of hydrogen-bond donors (Lipinski definition) is 3. The van der Waals surface area contributed by atoms with Gasteiger partial charge >= 0.3 is 0 Å². The molecule has 4 N–H and O–H groups in total. The van der Waals surface area contributed by atoms with Crippen LogP contribution < -0.4 is 5.73 Å². The van der Waals surface area contributed by atoms with Crippen LogP contribution in [0.4, 0.5) is 0 Å². The lowest BCUT2D eigenvalue weighted by molar-refractivity contribution is 0.0747. The topological polar surface area (TPSA) is 120 Å².